The van der Waals surface area contributed by atoms with Crippen molar-refractivity contribution in [2.75, 3.05) is 11.9 Å². The number of aromatic nitrogens is 2. The van der Waals surface area contributed by atoms with Gasteiger partial charge in [-0.2, -0.15) is 0 Å². The zero-order valence-corrected chi connectivity index (χ0v) is 8.12. The van der Waals surface area contributed by atoms with Crippen molar-refractivity contribution in [3.05, 3.63) is 24.5 Å². The van der Waals surface area contributed by atoms with E-state index in [2.05, 4.69) is 15.3 Å². The van der Waals surface area contributed by atoms with Crippen molar-refractivity contribution < 1.29 is 0 Å². The largest absolute Gasteiger partial charge is 0.382 e. The van der Waals surface area contributed by atoms with Crippen LogP contribution >= 0.6 is 0 Å². The van der Waals surface area contributed by atoms with Crippen molar-refractivity contribution in [3.63, 3.8) is 0 Å². The van der Waals surface area contributed by atoms with E-state index in [-0.39, 0.29) is 6.04 Å². The van der Waals surface area contributed by atoms with Crippen molar-refractivity contribution >= 4 is 16.7 Å². The number of nitrogens with one attached hydrogen (secondary N) is 2. The lowest BCUT2D eigenvalue weighted by atomic mass is 10.3. The van der Waals surface area contributed by atoms with Crippen LogP contribution in [0.15, 0.2) is 24.5 Å². The average molecular weight is 190 g/mol. The summed E-state index contributed by atoms with van der Waals surface area (Å²) in [6, 6.07) is 4.04. The lowest BCUT2D eigenvalue weighted by Crippen LogP contribution is -2.25. The molecule has 1 unspecified atom stereocenters. The first-order valence-corrected chi connectivity index (χ1v) is 4.69. The summed E-state index contributed by atoms with van der Waals surface area (Å²) in [5.41, 5.74) is 8.73. The van der Waals surface area contributed by atoms with Gasteiger partial charge in [-0.15, -0.1) is 0 Å². The summed E-state index contributed by atoms with van der Waals surface area (Å²) >= 11 is 0. The second-order valence-electron chi connectivity index (χ2n) is 3.45. The molecule has 0 saturated carbocycles. The smallest absolute Gasteiger partial charge is 0.0900 e. The van der Waals surface area contributed by atoms with E-state index >= 15 is 0 Å². The molecule has 0 spiro atoms. The van der Waals surface area contributed by atoms with Crippen LogP contribution in [-0.2, 0) is 0 Å². The fourth-order valence-electron chi connectivity index (χ4n) is 1.38. The Bertz CT molecular complexity index is 419. The van der Waals surface area contributed by atoms with Gasteiger partial charge < -0.3 is 16.0 Å². The van der Waals surface area contributed by atoms with E-state index in [0.717, 1.165) is 23.3 Å². The van der Waals surface area contributed by atoms with E-state index in [1.54, 1.807) is 6.20 Å². The highest BCUT2D eigenvalue weighted by Crippen LogP contribution is 2.18. The molecule has 14 heavy (non-hydrogen) atoms. The van der Waals surface area contributed by atoms with Gasteiger partial charge in [-0.1, -0.05) is 0 Å². The Balaban J connectivity index is 2.27. The highest BCUT2D eigenvalue weighted by Gasteiger charge is 2.02. The predicted molar refractivity (Wildman–Crippen MR) is 58.2 cm³/mol. The van der Waals surface area contributed by atoms with Crippen LogP contribution in [0.2, 0.25) is 0 Å². The Morgan fingerprint density at radius 2 is 2.43 bits per heavy atom. The number of nitrogens with two attached hydrogens (primary N) is 1. The number of rotatable bonds is 3. The summed E-state index contributed by atoms with van der Waals surface area (Å²) in [6.07, 6.45) is 3.68. The van der Waals surface area contributed by atoms with Crippen molar-refractivity contribution in [1.29, 1.82) is 0 Å². The SMILES string of the molecule is CC(N)CNc1ccnc2cc[nH]c12. The maximum absolute atomic E-state index is 5.67. The zero-order chi connectivity index (χ0) is 9.97. The summed E-state index contributed by atoms with van der Waals surface area (Å²) in [4.78, 5) is 7.37. The summed E-state index contributed by atoms with van der Waals surface area (Å²) in [5, 5.41) is 3.28. The summed E-state index contributed by atoms with van der Waals surface area (Å²) in [6.45, 7) is 2.73. The molecule has 0 aliphatic rings. The molecule has 0 saturated heterocycles. The summed E-state index contributed by atoms with van der Waals surface area (Å²) < 4.78 is 0. The molecule has 0 amide bonds. The normalized spacial score (nSPS) is 13.0. The molecule has 2 aromatic rings. The van der Waals surface area contributed by atoms with Gasteiger partial charge in [0.05, 0.1) is 16.7 Å². The van der Waals surface area contributed by atoms with Crippen LogP contribution in [0.3, 0.4) is 0 Å². The maximum atomic E-state index is 5.67. The van der Waals surface area contributed by atoms with Gasteiger partial charge in [0.2, 0.25) is 0 Å². The van der Waals surface area contributed by atoms with Gasteiger partial charge in [0, 0.05) is 25.0 Å². The van der Waals surface area contributed by atoms with Gasteiger partial charge in [0.1, 0.15) is 0 Å². The van der Waals surface area contributed by atoms with Crippen molar-refractivity contribution in [1.82, 2.24) is 9.97 Å². The topological polar surface area (TPSA) is 66.7 Å². The number of anilines is 1. The van der Waals surface area contributed by atoms with Gasteiger partial charge in [-0.3, -0.25) is 4.98 Å². The molecule has 4 N–H and O–H groups in total. The Labute approximate surface area is 82.5 Å². The minimum atomic E-state index is 0.146. The lowest BCUT2D eigenvalue weighted by Gasteiger charge is -2.09. The van der Waals surface area contributed by atoms with Gasteiger partial charge in [0.25, 0.3) is 0 Å². The van der Waals surface area contributed by atoms with Crippen molar-refractivity contribution in [2.45, 2.75) is 13.0 Å². The predicted octanol–water partition coefficient (Wildman–Crippen LogP) is 1.32. The fourth-order valence-corrected chi connectivity index (χ4v) is 1.38. The second kappa shape index (κ2) is 3.67. The standard InChI is InChI=1S/C10H14N4/c1-7(11)6-14-9-2-4-12-8-3-5-13-10(8)9/h2-5,7,13H,6,11H2,1H3,(H,12,14). The minimum Gasteiger partial charge on any atom is -0.382 e. The molecule has 2 heterocycles. The van der Waals surface area contributed by atoms with Crippen LogP contribution in [0.4, 0.5) is 5.69 Å². The molecule has 0 aromatic carbocycles. The first-order valence-electron chi connectivity index (χ1n) is 4.69. The molecular formula is C10H14N4. The average Bonchev–Trinajstić information content (AvgIpc) is 2.62. The highest BCUT2D eigenvalue weighted by atomic mass is 14.9. The number of nitrogens with zero attached hydrogens (tertiary/aromatic N) is 1. The molecule has 0 fully saturated rings. The van der Waals surface area contributed by atoms with E-state index in [4.69, 9.17) is 5.73 Å². The van der Waals surface area contributed by atoms with E-state index < -0.39 is 0 Å². The molecule has 0 radical (unpaired) electrons. The second-order valence-corrected chi connectivity index (χ2v) is 3.45. The molecule has 2 rings (SSSR count). The molecule has 4 nitrogen and oxygen atoms in total. The minimum absolute atomic E-state index is 0.146. The van der Waals surface area contributed by atoms with Gasteiger partial charge in [-0.05, 0) is 19.1 Å². The zero-order valence-electron chi connectivity index (χ0n) is 8.12. The first-order chi connectivity index (χ1) is 6.77. The highest BCUT2D eigenvalue weighted by molar-refractivity contribution is 5.87. The van der Waals surface area contributed by atoms with Crippen LogP contribution in [-0.4, -0.2) is 22.6 Å². The Morgan fingerprint density at radius 1 is 1.57 bits per heavy atom. The third-order valence-electron chi connectivity index (χ3n) is 2.06. The fraction of sp³-hybridized carbons (Fsp3) is 0.300. The Hall–Kier alpha value is -1.55. The number of pyridine rings is 1. The third kappa shape index (κ3) is 1.70. The van der Waals surface area contributed by atoms with E-state index in [1.165, 1.54) is 0 Å². The number of hydrogen-bond donors (Lipinski definition) is 3. The van der Waals surface area contributed by atoms with Crippen LogP contribution < -0.4 is 11.1 Å². The van der Waals surface area contributed by atoms with Gasteiger partial charge in [0.15, 0.2) is 0 Å². The van der Waals surface area contributed by atoms with Crippen LogP contribution in [0.1, 0.15) is 6.92 Å². The van der Waals surface area contributed by atoms with Crippen LogP contribution in [0.25, 0.3) is 11.0 Å². The first kappa shape index (κ1) is 9.02. The monoisotopic (exact) mass is 190 g/mol. The Morgan fingerprint density at radius 3 is 3.21 bits per heavy atom. The quantitative estimate of drug-likeness (QED) is 0.683. The molecular weight excluding hydrogens is 176 g/mol. The molecule has 0 aliphatic heterocycles. The van der Waals surface area contributed by atoms with Crippen LogP contribution in [0, 0.1) is 0 Å². The Kier molecular flexibility index (Phi) is 2.37. The number of H-pyrrole nitrogens is 1. The van der Waals surface area contributed by atoms with E-state index in [9.17, 15) is 0 Å². The van der Waals surface area contributed by atoms with Crippen molar-refractivity contribution in [2.24, 2.45) is 5.73 Å². The summed E-state index contributed by atoms with van der Waals surface area (Å²) in [7, 11) is 0. The number of aromatic amines is 1. The van der Waals surface area contributed by atoms with E-state index in [1.807, 2.05) is 25.3 Å². The number of fused-ring (bicyclic) bond motifs is 1. The van der Waals surface area contributed by atoms with E-state index in [0.29, 0.717) is 0 Å². The van der Waals surface area contributed by atoms with Crippen molar-refractivity contribution in [3.8, 4) is 0 Å². The molecule has 2 aromatic heterocycles. The maximum Gasteiger partial charge on any atom is 0.0900 e. The van der Waals surface area contributed by atoms with Crippen LogP contribution in [0.5, 0.6) is 0 Å². The molecule has 4 heteroatoms. The number of hydrogen-bond acceptors (Lipinski definition) is 3. The van der Waals surface area contributed by atoms with Gasteiger partial charge >= 0.3 is 0 Å². The third-order valence-corrected chi connectivity index (χ3v) is 2.06. The van der Waals surface area contributed by atoms with Gasteiger partial charge in [-0.25, -0.2) is 0 Å². The molecule has 0 aliphatic carbocycles. The molecule has 74 valence electrons. The summed E-state index contributed by atoms with van der Waals surface area (Å²) in [5.74, 6) is 0. The molecule has 0 bridgehead atoms. The molecule has 1 atom stereocenters. The lowest BCUT2D eigenvalue weighted by molar-refractivity contribution is 0.780.